The Kier molecular flexibility index (Phi) is 6.44. The number of carbonyl (C=O) groups excluding carboxylic acids is 1. The molecule has 0 aliphatic carbocycles. The van der Waals surface area contributed by atoms with Crippen LogP contribution in [0.1, 0.15) is 28.4 Å². The molecule has 1 aromatic heterocycles. The molecule has 6 heteroatoms. The number of ether oxygens (including phenoxy) is 1. The van der Waals surface area contributed by atoms with Crippen LogP contribution < -0.4 is 5.56 Å². The summed E-state index contributed by atoms with van der Waals surface area (Å²) < 4.78 is 6.52. The number of benzene rings is 2. The number of esters is 1. The predicted octanol–water partition coefficient (Wildman–Crippen LogP) is 3.76. The molecule has 0 bridgehead atoms. The van der Waals surface area contributed by atoms with Crippen LogP contribution >= 0.6 is 11.8 Å². The highest BCUT2D eigenvalue weighted by atomic mass is 32.2. The van der Waals surface area contributed by atoms with E-state index < -0.39 is 5.97 Å². The van der Waals surface area contributed by atoms with Crippen molar-refractivity contribution >= 4 is 17.7 Å². The zero-order valence-electron chi connectivity index (χ0n) is 15.0. The lowest BCUT2D eigenvalue weighted by Crippen LogP contribution is -2.30. The minimum atomic E-state index is -0.642. The van der Waals surface area contributed by atoms with E-state index in [0.717, 1.165) is 11.1 Å². The number of thioether (sulfide) groups is 1. The molecule has 138 valence electrons. The predicted molar refractivity (Wildman–Crippen MR) is 106 cm³/mol. The lowest BCUT2D eigenvalue weighted by atomic mass is 10.2. The van der Waals surface area contributed by atoms with Crippen LogP contribution in [-0.4, -0.2) is 22.1 Å². The van der Waals surface area contributed by atoms with Crippen LogP contribution in [0.5, 0.6) is 0 Å². The first-order valence-corrected chi connectivity index (χ1v) is 9.65. The van der Waals surface area contributed by atoms with Crippen LogP contribution in [0.25, 0.3) is 0 Å². The molecule has 1 heterocycles. The van der Waals surface area contributed by atoms with Crippen molar-refractivity contribution in [2.45, 2.75) is 24.4 Å². The molecule has 0 aliphatic heterocycles. The summed E-state index contributed by atoms with van der Waals surface area (Å²) in [6.07, 6.45) is 1.31. The van der Waals surface area contributed by atoms with Crippen molar-refractivity contribution in [3.8, 4) is 0 Å². The number of rotatable bonds is 7. The molecule has 5 nitrogen and oxygen atoms in total. The molecule has 0 atom stereocenters. The van der Waals surface area contributed by atoms with Gasteiger partial charge in [0.25, 0.3) is 5.56 Å². The van der Waals surface area contributed by atoms with Crippen molar-refractivity contribution in [2.75, 3.05) is 6.61 Å². The Balaban J connectivity index is 1.94. The third-order valence-electron chi connectivity index (χ3n) is 3.90. The van der Waals surface area contributed by atoms with Gasteiger partial charge in [0.1, 0.15) is 5.56 Å². The zero-order chi connectivity index (χ0) is 19.1. The van der Waals surface area contributed by atoms with E-state index >= 15 is 0 Å². The SMILES string of the molecule is CCOC(=O)c1cnc(SCc2ccccc2)n(Cc2ccccc2)c1=O. The van der Waals surface area contributed by atoms with E-state index in [1.165, 1.54) is 22.5 Å². The van der Waals surface area contributed by atoms with Crippen molar-refractivity contribution < 1.29 is 9.53 Å². The van der Waals surface area contributed by atoms with Crippen molar-refractivity contribution in [3.63, 3.8) is 0 Å². The fourth-order valence-electron chi connectivity index (χ4n) is 2.57. The van der Waals surface area contributed by atoms with Gasteiger partial charge in [-0.15, -0.1) is 0 Å². The van der Waals surface area contributed by atoms with Crippen molar-refractivity contribution in [3.05, 3.63) is 93.9 Å². The van der Waals surface area contributed by atoms with E-state index in [4.69, 9.17) is 4.74 Å². The largest absolute Gasteiger partial charge is 0.462 e. The van der Waals surface area contributed by atoms with Gasteiger partial charge in [-0.1, -0.05) is 72.4 Å². The smallest absolute Gasteiger partial charge is 0.345 e. The van der Waals surface area contributed by atoms with E-state index in [1.807, 2.05) is 60.7 Å². The number of hydrogen-bond donors (Lipinski definition) is 0. The van der Waals surface area contributed by atoms with Gasteiger partial charge in [0.15, 0.2) is 5.16 Å². The van der Waals surface area contributed by atoms with E-state index in [-0.39, 0.29) is 17.7 Å². The average molecular weight is 380 g/mol. The maximum atomic E-state index is 12.9. The van der Waals surface area contributed by atoms with Gasteiger partial charge < -0.3 is 4.74 Å². The minimum Gasteiger partial charge on any atom is -0.462 e. The molecule has 0 radical (unpaired) electrons. The normalized spacial score (nSPS) is 10.6. The van der Waals surface area contributed by atoms with Crippen LogP contribution in [0.15, 0.2) is 76.8 Å². The molecule has 0 amide bonds. The molecule has 0 spiro atoms. The summed E-state index contributed by atoms with van der Waals surface area (Å²) in [5.41, 5.74) is 1.67. The van der Waals surface area contributed by atoms with Gasteiger partial charge in [0.2, 0.25) is 0 Å². The lowest BCUT2D eigenvalue weighted by molar-refractivity contribution is 0.0522. The molecule has 0 saturated heterocycles. The summed E-state index contributed by atoms with van der Waals surface area (Å²) in [5.74, 6) is 0.0392. The molecule has 0 saturated carbocycles. The van der Waals surface area contributed by atoms with Crippen molar-refractivity contribution in [1.29, 1.82) is 0 Å². The third kappa shape index (κ3) is 4.86. The minimum absolute atomic E-state index is 0.0446. The third-order valence-corrected chi connectivity index (χ3v) is 4.96. The summed E-state index contributed by atoms with van der Waals surface area (Å²) in [4.78, 5) is 29.4. The molecule has 27 heavy (non-hydrogen) atoms. The Labute approximate surface area is 162 Å². The Morgan fingerprint density at radius 3 is 2.30 bits per heavy atom. The van der Waals surface area contributed by atoms with E-state index in [9.17, 15) is 9.59 Å². The van der Waals surface area contributed by atoms with Gasteiger partial charge in [0.05, 0.1) is 19.3 Å². The number of carbonyl (C=O) groups is 1. The Hall–Kier alpha value is -2.86. The summed E-state index contributed by atoms with van der Waals surface area (Å²) in [5, 5.41) is 0.570. The van der Waals surface area contributed by atoms with Gasteiger partial charge >= 0.3 is 5.97 Å². The molecule has 3 aromatic rings. The standard InChI is InChI=1S/C21H20N2O3S/c1-2-26-20(25)18-13-22-21(27-15-17-11-7-4-8-12-17)23(19(18)24)14-16-9-5-3-6-10-16/h3-13H,2,14-15H2,1H3. The fraction of sp³-hybridized carbons (Fsp3) is 0.190. The molecule has 0 unspecified atom stereocenters. The summed E-state index contributed by atoms with van der Waals surface area (Å²) in [7, 11) is 0. The van der Waals surface area contributed by atoms with Crippen LogP contribution in [-0.2, 0) is 17.0 Å². The van der Waals surface area contributed by atoms with Gasteiger partial charge in [-0.2, -0.15) is 0 Å². The summed E-state index contributed by atoms with van der Waals surface area (Å²) in [6.45, 7) is 2.26. The van der Waals surface area contributed by atoms with Gasteiger partial charge in [-0.25, -0.2) is 9.78 Å². The molecule has 2 aromatic carbocycles. The maximum absolute atomic E-state index is 12.9. The van der Waals surface area contributed by atoms with Gasteiger partial charge in [0, 0.05) is 5.75 Å². The number of nitrogens with zero attached hydrogens (tertiary/aromatic N) is 2. The Morgan fingerprint density at radius 2 is 1.67 bits per heavy atom. The second-order valence-corrected chi connectivity index (χ2v) is 6.77. The molecular weight excluding hydrogens is 360 g/mol. The van der Waals surface area contributed by atoms with Crippen LogP contribution in [0, 0.1) is 0 Å². The van der Waals surface area contributed by atoms with Crippen LogP contribution in [0.2, 0.25) is 0 Å². The Bertz CT molecular complexity index is 956. The molecule has 3 rings (SSSR count). The maximum Gasteiger partial charge on any atom is 0.345 e. The Morgan fingerprint density at radius 1 is 1.04 bits per heavy atom. The van der Waals surface area contributed by atoms with Crippen molar-refractivity contribution in [1.82, 2.24) is 9.55 Å². The zero-order valence-corrected chi connectivity index (χ0v) is 15.8. The average Bonchev–Trinajstić information content (AvgIpc) is 2.70. The number of aromatic nitrogens is 2. The fourth-order valence-corrected chi connectivity index (χ4v) is 3.49. The van der Waals surface area contributed by atoms with Crippen molar-refractivity contribution in [2.24, 2.45) is 0 Å². The second-order valence-electron chi connectivity index (χ2n) is 5.83. The summed E-state index contributed by atoms with van der Waals surface area (Å²) >= 11 is 1.47. The highest BCUT2D eigenvalue weighted by Gasteiger charge is 2.18. The van der Waals surface area contributed by atoms with Crippen LogP contribution in [0.4, 0.5) is 0 Å². The summed E-state index contributed by atoms with van der Waals surface area (Å²) in [6, 6.07) is 19.6. The lowest BCUT2D eigenvalue weighted by Gasteiger charge is -2.13. The highest BCUT2D eigenvalue weighted by molar-refractivity contribution is 7.98. The first-order chi connectivity index (χ1) is 13.2. The van der Waals surface area contributed by atoms with E-state index in [2.05, 4.69) is 4.98 Å². The van der Waals surface area contributed by atoms with Gasteiger partial charge in [-0.3, -0.25) is 9.36 Å². The monoisotopic (exact) mass is 380 g/mol. The molecule has 0 fully saturated rings. The van der Waals surface area contributed by atoms with E-state index in [1.54, 1.807) is 6.92 Å². The first kappa shape index (κ1) is 18.9. The second kappa shape index (κ2) is 9.19. The highest BCUT2D eigenvalue weighted by Crippen LogP contribution is 2.21. The quantitative estimate of drug-likeness (QED) is 0.355. The molecule has 0 aliphatic rings. The number of hydrogen-bond acceptors (Lipinski definition) is 5. The first-order valence-electron chi connectivity index (χ1n) is 8.66. The van der Waals surface area contributed by atoms with Gasteiger partial charge in [-0.05, 0) is 18.1 Å². The molecular formula is C21H20N2O3S. The van der Waals surface area contributed by atoms with E-state index in [0.29, 0.717) is 17.5 Å². The van der Waals surface area contributed by atoms with Crippen LogP contribution in [0.3, 0.4) is 0 Å². The molecule has 0 N–H and O–H groups in total. The topological polar surface area (TPSA) is 61.2 Å².